The Balaban J connectivity index is -0.000000605. The van der Waals surface area contributed by atoms with Crippen molar-refractivity contribution >= 4 is 11.9 Å². The molecule has 0 aromatic rings. The van der Waals surface area contributed by atoms with E-state index in [1.54, 1.807) is 0 Å². The molecule has 3 atom stereocenters. The largest absolute Gasteiger partial charge is 1.00 e. The summed E-state index contributed by atoms with van der Waals surface area (Å²) in [6.45, 7) is 0. The summed E-state index contributed by atoms with van der Waals surface area (Å²) < 4.78 is 0. The van der Waals surface area contributed by atoms with Crippen molar-refractivity contribution < 1.29 is 138 Å². The van der Waals surface area contributed by atoms with Crippen LogP contribution in [0.2, 0.25) is 0 Å². The molecule has 1 unspecified atom stereocenters. The van der Waals surface area contributed by atoms with Crippen LogP contribution in [0.1, 0.15) is 0 Å². The zero-order valence-corrected chi connectivity index (χ0v) is 14.0. The molecule has 0 aliphatic carbocycles. The van der Waals surface area contributed by atoms with Crippen LogP contribution in [0.4, 0.5) is 0 Å². The predicted octanol–water partition coefficient (Wildman–Crippen LogP) is -11.4. The third-order valence-electron chi connectivity index (χ3n) is 1.13. The van der Waals surface area contributed by atoms with Crippen molar-refractivity contribution in [3.05, 3.63) is 0 Å². The van der Waals surface area contributed by atoms with Gasteiger partial charge in [-0.3, -0.25) is 0 Å². The van der Waals surface area contributed by atoms with Gasteiger partial charge in [0.2, 0.25) is 0 Å². The Hall–Kier alpha value is 2.09. The number of hydrogen-bond acceptors (Lipinski definition) is 7. The second kappa shape index (κ2) is 10.3. The third kappa shape index (κ3) is 7.38. The molecule has 0 aliphatic rings. The van der Waals surface area contributed by atoms with E-state index in [2.05, 4.69) is 0 Å². The molecule has 0 aromatic heterocycles. The molecule has 0 aromatic carbocycles. The molecule has 0 heterocycles. The van der Waals surface area contributed by atoms with Gasteiger partial charge in [0.1, 0.15) is 18.3 Å². The van der Waals surface area contributed by atoms with Gasteiger partial charge < -0.3 is 35.1 Å². The summed E-state index contributed by atoms with van der Waals surface area (Å²) in [5.41, 5.74) is 0. The van der Waals surface area contributed by atoms with E-state index >= 15 is 0 Å². The van der Waals surface area contributed by atoms with Gasteiger partial charge in [-0.1, -0.05) is 0 Å². The van der Waals surface area contributed by atoms with E-state index in [0.717, 1.165) is 0 Å². The molecule has 3 N–H and O–H groups in total. The third-order valence-corrected chi connectivity index (χ3v) is 1.13. The van der Waals surface area contributed by atoms with Crippen molar-refractivity contribution in [2.45, 2.75) is 18.3 Å². The van der Waals surface area contributed by atoms with Gasteiger partial charge in [-0.15, -0.1) is 0 Å². The van der Waals surface area contributed by atoms with E-state index in [9.17, 15) is 19.8 Å². The molecule has 0 rings (SSSR count). The maximum atomic E-state index is 9.82. The summed E-state index contributed by atoms with van der Waals surface area (Å²) in [5.74, 6) is -4.16. The van der Waals surface area contributed by atoms with Crippen LogP contribution in [0, 0.1) is 0 Å². The van der Waals surface area contributed by atoms with Crippen molar-refractivity contribution in [1.29, 1.82) is 0 Å². The molecule has 0 bridgehead atoms. The number of carbonyl (C=O) groups is 2. The predicted molar refractivity (Wildman–Crippen MR) is 28.0 cm³/mol. The van der Waals surface area contributed by atoms with Crippen LogP contribution in [0.3, 0.4) is 0 Å². The Morgan fingerprint density at radius 1 is 0.857 bits per heavy atom. The first-order valence-electron chi connectivity index (χ1n) is 2.84. The number of aliphatic hydroxyl groups is 3. The fourth-order valence-electron chi connectivity index (χ4n) is 0.452. The van der Waals surface area contributed by atoms with Crippen molar-refractivity contribution in [2.24, 2.45) is 0 Å². The van der Waals surface area contributed by atoms with Crippen molar-refractivity contribution in [3.8, 4) is 0 Å². The van der Waals surface area contributed by atoms with Crippen LogP contribution in [-0.4, -0.2) is 45.6 Å². The van der Waals surface area contributed by atoms with Gasteiger partial charge in [-0.2, -0.15) is 0 Å². The summed E-state index contributed by atoms with van der Waals surface area (Å²) >= 11 is 0. The molecule has 0 aliphatic heterocycles. The molecule has 0 spiro atoms. The van der Waals surface area contributed by atoms with Gasteiger partial charge in [0.05, 0.1) is 11.9 Å². The Labute approximate surface area is 164 Å². The molecule has 7 nitrogen and oxygen atoms in total. The second-order valence-electron chi connectivity index (χ2n) is 2.02. The SMILES string of the molecule is O=C([O-])[C@@H](O)C(O)[C@@H](O)C(=O)[O-].[K+].[K+]. The number of carboxylic acids is 2. The minimum atomic E-state index is -2.46. The number of aliphatic hydroxyl groups excluding tert-OH is 3. The maximum Gasteiger partial charge on any atom is 1.00 e. The molecule has 70 valence electrons. The number of hydrogen-bond donors (Lipinski definition) is 3. The zero-order valence-electron chi connectivity index (χ0n) is 7.71. The normalized spacial score (nSPS) is 15.4. The van der Waals surface area contributed by atoms with Crippen molar-refractivity contribution in [2.75, 3.05) is 0 Å². The van der Waals surface area contributed by atoms with E-state index in [0.29, 0.717) is 0 Å². The molecular formula is C5H6K2O7. The van der Waals surface area contributed by atoms with E-state index in [-0.39, 0.29) is 103 Å². The number of rotatable bonds is 4. The topological polar surface area (TPSA) is 141 Å². The van der Waals surface area contributed by atoms with Gasteiger partial charge in [-0.05, 0) is 0 Å². The smallest absolute Gasteiger partial charge is 0.547 e. The fourth-order valence-corrected chi connectivity index (χ4v) is 0.452. The molecule has 0 saturated carbocycles. The van der Waals surface area contributed by atoms with E-state index < -0.39 is 30.3 Å². The second-order valence-corrected chi connectivity index (χ2v) is 2.02. The number of aliphatic carboxylic acids is 2. The van der Waals surface area contributed by atoms with Crippen LogP contribution in [0.15, 0.2) is 0 Å². The first-order valence-corrected chi connectivity index (χ1v) is 2.84. The molecule has 14 heavy (non-hydrogen) atoms. The molecule has 0 radical (unpaired) electrons. The summed E-state index contributed by atoms with van der Waals surface area (Å²) in [5, 5.41) is 45.1. The van der Waals surface area contributed by atoms with E-state index in [1.807, 2.05) is 0 Å². The van der Waals surface area contributed by atoms with E-state index in [1.165, 1.54) is 0 Å². The van der Waals surface area contributed by atoms with Crippen LogP contribution in [-0.2, 0) is 9.59 Å². The average Bonchev–Trinajstić information content (AvgIpc) is 2.00. The van der Waals surface area contributed by atoms with Gasteiger partial charge >= 0.3 is 103 Å². The Morgan fingerprint density at radius 2 is 1.07 bits per heavy atom. The van der Waals surface area contributed by atoms with Crippen LogP contribution < -0.4 is 113 Å². The van der Waals surface area contributed by atoms with Crippen LogP contribution in [0.25, 0.3) is 0 Å². The monoisotopic (exact) mass is 256 g/mol. The van der Waals surface area contributed by atoms with Crippen molar-refractivity contribution in [3.63, 3.8) is 0 Å². The molecule has 0 amide bonds. The Bertz CT molecular complexity index is 177. The molecule has 0 saturated heterocycles. The van der Waals surface area contributed by atoms with Gasteiger partial charge in [0, 0.05) is 0 Å². The summed E-state index contributed by atoms with van der Waals surface area (Å²) in [4.78, 5) is 19.6. The number of carbonyl (C=O) groups excluding carboxylic acids is 2. The quantitative estimate of drug-likeness (QED) is 0.424. The Kier molecular flexibility index (Phi) is 15.7. The summed E-state index contributed by atoms with van der Waals surface area (Å²) in [6, 6.07) is 0. The molecule has 0 fully saturated rings. The minimum Gasteiger partial charge on any atom is -0.547 e. The first-order chi connectivity index (χ1) is 5.37. The first kappa shape index (κ1) is 21.4. The standard InChI is InChI=1S/C5H8O7.2K/c6-1(2(7)4(9)10)3(8)5(11)12;;/h1-3,6-8H,(H,9,10)(H,11,12);;/q;2*+1/p-2/t1?,2-,3+;;. The van der Waals surface area contributed by atoms with Gasteiger partial charge in [-0.25, -0.2) is 0 Å². The zero-order chi connectivity index (χ0) is 9.89. The fraction of sp³-hybridized carbons (Fsp3) is 0.600. The van der Waals surface area contributed by atoms with Gasteiger partial charge in [0.15, 0.2) is 0 Å². The minimum absolute atomic E-state index is 0. The van der Waals surface area contributed by atoms with Crippen molar-refractivity contribution in [1.82, 2.24) is 0 Å². The van der Waals surface area contributed by atoms with E-state index in [4.69, 9.17) is 15.3 Å². The summed E-state index contributed by atoms with van der Waals surface area (Å²) in [6.07, 6.45) is -7.28. The maximum absolute atomic E-state index is 9.82. The van der Waals surface area contributed by atoms with Crippen LogP contribution in [0.5, 0.6) is 0 Å². The Morgan fingerprint density at radius 3 is 1.21 bits per heavy atom. The molecular weight excluding hydrogens is 250 g/mol. The van der Waals surface area contributed by atoms with Crippen LogP contribution >= 0.6 is 0 Å². The van der Waals surface area contributed by atoms with Gasteiger partial charge in [0.25, 0.3) is 0 Å². The number of carboxylic acid groups (broad SMARTS) is 2. The average molecular weight is 256 g/mol. The summed E-state index contributed by atoms with van der Waals surface area (Å²) in [7, 11) is 0. The molecule has 9 heteroatoms.